The monoisotopic (exact) mass is 324 g/mol. The molecule has 0 spiro atoms. The zero-order chi connectivity index (χ0) is 16.1. The highest BCUT2D eigenvalue weighted by Gasteiger charge is 2.22. The Morgan fingerprint density at radius 2 is 2.00 bits per heavy atom. The number of nitrogens with zero attached hydrogens (tertiary/aromatic N) is 4. The molecule has 1 aromatic heterocycles. The van der Waals surface area contributed by atoms with Crippen molar-refractivity contribution in [1.29, 1.82) is 0 Å². The molecule has 22 heavy (non-hydrogen) atoms. The van der Waals surface area contributed by atoms with Gasteiger partial charge in [0.2, 0.25) is 11.9 Å². The topological polar surface area (TPSA) is 86.6 Å². The SMILES string of the molecule is CCCSc1nc(N2CCN(C(C)=O)CC2)ncc1C(=O)O. The maximum absolute atomic E-state index is 11.3. The van der Waals surface area contributed by atoms with E-state index in [1.807, 2.05) is 11.8 Å². The highest BCUT2D eigenvalue weighted by molar-refractivity contribution is 7.99. The Kier molecular flexibility index (Phi) is 5.59. The molecule has 1 aliphatic heterocycles. The summed E-state index contributed by atoms with van der Waals surface area (Å²) in [4.78, 5) is 35.0. The molecule has 1 N–H and O–H groups in total. The minimum atomic E-state index is -1.01. The average Bonchev–Trinajstić information content (AvgIpc) is 2.52. The lowest BCUT2D eigenvalue weighted by molar-refractivity contribution is -0.129. The van der Waals surface area contributed by atoms with Crippen LogP contribution in [0.2, 0.25) is 0 Å². The second kappa shape index (κ2) is 7.44. The standard InChI is InChI=1S/C14H20N4O3S/c1-3-8-22-12-11(13(20)21)9-15-14(16-12)18-6-4-17(5-7-18)10(2)19/h9H,3-8H2,1-2H3,(H,20,21). The van der Waals surface area contributed by atoms with E-state index in [4.69, 9.17) is 0 Å². The molecule has 2 heterocycles. The van der Waals surface area contributed by atoms with Crippen LogP contribution < -0.4 is 4.90 Å². The molecule has 1 aliphatic rings. The quantitative estimate of drug-likeness (QED) is 0.646. The van der Waals surface area contributed by atoms with Crippen molar-refractivity contribution in [3.8, 4) is 0 Å². The largest absolute Gasteiger partial charge is 0.478 e. The maximum atomic E-state index is 11.3. The van der Waals surface area contributed by atoms with Gasteiger partial charge in [-0.05, 0) is 12.2 Å². The predicted molar refractivity (Wildman–Crippen MR) is 84.5 cm³/mol. The number of aromatic nitrogens is 2. The van der Waals surface area contributed by atoms with Crippen LogP contribution in [0.15, 0.2) is 11.2 Å². The van der Waals surface area contributed by atoms with Crippen molar-refractivity contribution in [3.05, 3.63) is 11.8 Å². The summed E-state index contributed by atoms with van der Waals surface area (Å²) in [6, 6.07) is 0. The summed E-state index contributed by atoms with van der Waals surface area (Å²) in [5, 5.41) is 9.72. The van der Waals surface area contributed by atoms with E-state index in [-0.39, 0.29) is 11.5 Å². The third-order valence-corrected chi connectivity index (χ3v) is 4.62. The van der Waals surface area contributed by atoms with Crippen LogP contribution in [0.25, 0.3) is 0 Å². The van der Waals surface area contributed by atoms with E-state index >= 15 is 0 Å². The summed E-state index contributed by atoms with van der Waals surface area (Å²) < 4.78 is 0. The van der Waals surface area contributed by atoms with Gasteiger partial charge in [0.15, 0.2) is 0 Å². The van der Waals surface area contributed by atoms with Crippen molar-refractivity contribution >= 4 is 29.6 Å². The Balaban J connectivity index is 2.14. The molecule has 8 heteroatoms. The average molecular weight is 324 g/mol. The van der Waals surface area contributed by atoms with Gasteiger partial charge >= 0.3 is 5.97 Å². The maximum Gasteiger partial charge on any atom is 0.340 e. The molecule has 7 nitrogen and oxygen atoms in total. The molecule has 0 bridgehead atoms. The zero-order valence-electron chi connectivity index (χ0n) is 12.8. The minimum Gasteiger partial charge on any atom is -0.478 e. The van der Waals surface area contributed by atoms with Gasteiger partial charge < -0.3 is 14.9 Å². The molecule has 1 saturated heterocycles. The van der Waals surface area contributed by atoms with Gasteiger partial charge in [-0.25, -0.2) is 14.8 Å². The fraction of sp³-hybridized carbons (Fsp3) is 0.571. The summed E-state index contributed by atoms with van der Waals surface area (Å²) in [6.07, 6.45) is 2.32. The van der Waals surface area contributed by atoms with Gasteiger partial charge in [-0.2, -0.15) is 0 Å². The number of carbonyl (C=O) groups is 2. The molecule has 1 amide bonds. The fourth-order valence-corrected chi connectivity index (χ4v) is 3.03. The number of anilines is 1. The van der Waals surface area contributed by atoms with Crippen molar-refractivity contribution in [2.75, 3.05) is 36.8 Å². The van der Waals surface area contributed by atoms with Gasteiger partial charge in [0.1, 0.15) is 10.6 Å². The third-order valence-electron chi connectivity index (χ3n) is 3.42. The number of hydrogen-bond acceptors (Lipinski definition) is 6. The van der Waals surface area contributed by atoms with Crippen LogP contribution in [-0.2, 0) is 4.79 Å². The van der Waals surface area contributed by atoms with E-state index < -0.39 is 5.97 Å². The molecular weight excluding hydrogens is 304 g/mol. The van der Waals surface area contributed by atoms with E-state index in [9.17, 15) is 14.7 Å². The number of carbonyl (C=O) groups excluding carboxylic acids is 1. The Morgan fingerprint density at radius 1 is 1.32 bits per heavy atom. The van der Waals surface area contributed by atoms with Crippen LogP contribution in [0.5, 0.6) is 0 Å². The first-order chi connectivity index (χ1) is 10.5. The normalized spacial score (nSPS) is 15.0. The zero-order valence-corrected chi connectivity index (χ0v) is 13.6. The molecule has 120 valence electrons. The van der Waals surface area contributed by atoms with Gasteiger partial charge in [-0.3, -0.25) is 4.79 Å². The first-order valence-corrected chi connectivity index (χ1v) is 8.25. The van der Waals surface area contributed by atoms with Crippen molar-refractivity contribution in [2.24, 2.45) is 0 Å². The number of hydrogen-bond donors (Lipinski definition) is 1. The van der Waals surface area contributed by atoms with Crippen LogP contribution in [0.3, 0.4) is 0 Å². The van der Waals surface area contributed by atoms with E-state index in [0.717, 1.165) is 12.2 Å². The van der Waals surface area contributed by atoms with Gasteiger partial charge in [-0.15, -0.1) is 11.8 Å². The Hall–Kier alpha value is -1.83. The molecule has 1 fully saturated rings. The summed E-state index contributed by atoms with van der Waals surface area (Å²) in [5.41, 5.74) is 0.143. The molecule has 2 rings (SSSR count). The fourth-order valence-electron chi connectivity index (χ4n) is 2.19. The van der Waals surface area contributed by atoms with Crippen LogP contribution >= 0.6 is 11.8 Å². The smallest absolute Gasteiger partial charge is 0.340 e. The number of amides is 1. The molecule has 0 unspecified atom stereocenters. The second-order valence-corrected chi connectivity index (χ2v) is 6.12. The summed E-state index contributed by atoms with van der Waals surface area (Å²) >= 11 is 1.44. The molecular formula is C14H20N4O3S. The highest BCUT2D eigenvalue weighted by atomic mass is 32.2. The lowest BCUT2D eigenvalue weighted by Crippen LogP contribution is -2.48. The summed E-state index contributed by atoms with van der Waals surface area (Å²) in [7, 11) is 0. The van der Waals surface area contributed by atoms with Crippen molar-refractivity contribution in [2.45, 2.75) is 25.3 Å². The summed E-state index contributed by atoms with van der Waals surface area (Å²) in [5.74, 6) is 0.411. The third kappa shape index (κ3) is 3.88. The molecule has 0 aliphatic carbocycles. The predicted octanol–water partition coefficient (Wildman–Crippen LogP) is 1.35. The van der Waals surface area contributed by atoms with Gasteiger partial charge in [0.05, 0.1) is 0 Å². The summed E-state index contributed by atoms with van der Waals surface area (Å²) in [6.45, 7) is 6.19. The number of carboxylic acid groups (broad SMARTS) is 1. The van der Waals surface area contributed by atoms with Crippen LogP contribution in [0.1, 0.15) is 30.6 Å². The minimum absolute atomic E-state index is 0.0704. The van der Waals surface area contributed by atoms with Gasteiger partial charge in [0.25, 0.3) is 0 Å². The molecule has 0 radical (unpaired) electrons. The Bertz CT molecular complexity index is 559. The number of carboxylic acids is 1. The van der Waals surface area contributed by atoms with E-state index in [2.05, 4.69) is 9.97 Å². The van der Waals surface area contributed by atoms with E-state index in [0.29, 0.717) is 37.2 Å². The molecule has 0 aromatic carbocycles. The molecule has 0 saturated carbocycles. The van der Waals surface area contributed by atoms with Crippen LogP contribution in [-0.4, -0.2) is 63.8 Å². The first-order valence-electron chi connectivity index (χ1n) is 7.26. The molecule has 0 atom stereocenters. The molecule has 1 aromatic rings. The number of aromatic carboxylic acids is 1. The lowest BCUT2D eigenvalue weighted by Gasteiger charge is -2.34. The van der Waals surface area contributed by atoms with E-state index in [1.165, 1.54) is 18.0 Å². The van der Waals surface area contributed by atoms with Crippen LogP contribution in [0.4, 0.5) is 5.95 Å². The van der Waals surface area contributed by atoms with Crippen LogP contribution in [0, 0.1) is 0 Å². The number of piperazine rings is 1. The van der Waals surface area contributed by atoms with Crippen molar-refractivity contribution in [3.63, 3.8) is 0 Å². The lowest BCUT2D eigenvalue weighted by atomic mass is 10.3. The van der Waals surface area contributed by atoms with Crippen molar-refractivity contribution in [1.82, 2.24) is 14.9 Å². The highest BCUT2D eigenvalue weighted by Crippen LogP contribution is 2.23. The number of rotatable bonds is 5. The van der Waals surface area contributed by atoms with E-state index in [1.54, 1.807) is 11.8 Å². The second-order valence-electron chi connectivity index (χ2n) is 5.04. The Morgan fingerprint density at radius 3 is 2.55 bits per heavy atom. The number of thioether (sulfide) groups is 1. The Labute approximate surface area is 133 Å². The van der Waals surface area contributed by atoms with Crippen molar-refractivity contribution < 1.29 is 14.7 Å². The first kappa shape index (κ1) is 16.5. The van der Waals surface area contributed by atoms with Gasteiger partial charge in [-0.1, -0.05) is 6.92 Å². The van der Waals surface area contributed by atoms with Gasteiger partial charge in [0, 0.05) is 39.3 Å².